The van der Waals surface area contributed by atoms with E-state index in [-0.39, 0.29) is 11.3 Å². The lowest BCUT2D eigenvalue weighted by atomic mass is 9.87. The average molecular weight is 263 g/mol. The van der Waals surface area contributed by atoms with Crippen LogP contribution in [-0.2, 0) is 17.3 Å². The van der Waals surface area contributed by atoms with Gasteiger partial charge in [0.05, 0.1) is 5.69 Å². The number of nitrogens with one attached hydrogen (secondary N) is 2. The van der Waals surface area contributed by atoms with E-state index in [0.29, 0.717) is 12.5 Å². The van der Waals surface area contributed by atoms with E-state index in [1.807, 2.05) is 20.2 Å². The number of carbonyl (C=O) groups is 1. The van der Waals surface area contributed by atoms with Crippen molar-refractivity contribution in [1.82, 2.24) is 20.4 Å². The first-order chi connectivity index (χ1) is 8.82. The molecule has 2 heterocycles. The van der Waals surface area contributed by atoms with Gasteiger partial charge in [-0.3, -0.25) is 19.8 Å². The number of amides is 1. The third-order valence-electron chi connectivity index (χ3n) is 2.98. The maximum atomic E-state index is 12.1. The van der Waals surface area contributed by atoms with Gasteiger partial charge in [0.25, 0.3) is 5.91 Å². The summed E-state index contributed by atoms with van der Waals surface area (Å²) in [5, 5.41) is 10.4. The molecule has 0 saturated carbocycles. The SMILES string of the molecule is CCN=C1NC(=O)C(c2cn(C)nc2C(C)(C)C)N1. The van der Waals surface area contributed by atoms with Crippen LogP contribution in [0.5, 0.6) is 0 Å². The largest absolute Gasteiger partial charge is 0.340 e. The minimum Gasteiger partial charge on any atom is -0.340 e. The molecule has 1 aliphatic heterocycles. The van der Waals surface area contributed by atoms with Gasteiger partial charge in [0.2, 0.25) is 0 Å². The fourth-order valence-electron chi connectivity index (χ4n) is 2.19. The Labute approximate surface area is 113 Å². The summed E-state index contributed by atoms with van der Waals surface area (Å²) in [5.41, 5.74) is 1.73. The third-order valence-corrected chi connectivity index (χ3v) is 2.98. The van der Waals surface area contributed by atoms with Gasteiger partial charge in [-0.25, -0.2) is 0 Å². The number of guanidine groups is 1. The quantitative estimate of drug-likeness (QED) is 0.831. The highest BCUT2D eigenvalue weighted by atomic mass is 16.2. The van der Waals surface area contributed by atoms with Crippen LogP contribution in [0.2, 0.25) is 0 Å². The molecule has 0 aromatic carbocycles. The van der Waals surface area contributed by atoms with Crippen LogP contribution >= 0.6 is 0 Å². The molecule has 2 N–H and O–H groups in total. The van der Waals surface area contributed by atoms with Crippen molar-refractivity contribution in [3.63, 3.8) is 0 Å². The fraction of sp³-hybridized carbons (Fsp3) is 0.615. The van der Waals surface area contributed by atoms with Crippen molar-refractivity contribution in [2.75, 3.05) is 6.54 Å². The Morgan fingerprint density at radius 2 is 2.16 bits per heavy atom. The normalized spacial score (nSPS) is 21.6. The van der Waals surface area contributed by atoms with Crippen molar-refractivity contribution in [3.05, 3.63) is 17.5 Å². The number of hydrogen-bond acceptors (Lipinski definition) is 3. The van der Waals surface area contributed by atoms with E-state index in [2.05, 4.69) is 41.5 Å². The second kappa shape index (κ2) is 4.68. The second-order valence-electron chi connectivity index (χ2n) is 5.75. The molecule has 1 fully saturated rings. The molecular formula is C13H21N5O. The van der Waals surface area contributed by atoms with Crippen LogP contribution in [0.3, 0.4) is 0 Å². The molecule has 1 aromatic heterocycles. The standard InChI is InChI=1S/C13H21N5O/c1-6-14-12-15-9(11(19)16-12)8-7-18(5)17-10(8)13(2,3)4/h7,9H,6H2,1-5H3,(H2,14,15,16,19). The first-order valence-electron chi connectivity index (χ1n) is 6.48. The van der Waals surface area contributed by atoms with Crippen LogP contribution in [0.4, 0.5) is 0 Å². The first-order valence-corrected chi connectivity index (χ1v) is 6.48. The zero-order valence-electron chi connectivity index (χ0n) is 12.1. The van der Waals surface area contributed by atoms with Gasteiger partial charge in [0, 0.05) is 30.8 Å². The molecule has 1 unspecified atom stereocenters. The number of carbonyl (C=O) groups excluding carboxylic acids is 1. The van der Waals surface area contributed by atoms with E-state index in [4.69, 9.17) is 0 Å². The Morgan fingerprint density at radius 3 is 2.74 bits per heavy atom. The van der Waals surface area contributed by atoms with Crippen LogP contribution < -0.4 is 10.6 Å². The maximum absolute atomic E-state index is 12.1. The van der Waals surface area contributed by atoms with Crippen LogP contribution in [0, 0.1) is 0 Å². The van der Waals surface area contributed by atoms with Crippen molar-refractivity contribution >= 4 is 11.9 Å². The van der Waals surface area contributed by atoms with E-state index >= 15 is 0 Å². The number of aryl methyl sites for hydroxylation is 1. The summed E-state index contributed by atoms with van der Waals surface area (Å²) in [7, 11) is 1.87. The third kappa shape index (κ3) is 2.62. The second-order valence-corrected chi connectivity index (χ2v) is 5.75. The van der Waals surface area contributed by atoms with Crippen molar-refractivity contribution in [1.29, 1.82) is 0 Å². The van der Waals surface area contributed by atoms with Gasteiger partial charge in [-0.15, -0.1) is 0 Å². The van der Waals surface area contributed by atoms with Crippen molar-refractivity contribution < 1.29 is 4.79 Å². The number of aliphatic imine (C=N–C) groups is 1. The van der Waals surface area contributed by atoms with Crippen molar-refractivity contribution in [3.8, 4) is 0 Å². The summed E-state index contributed by atoms with van der Waals surface area (Å²) >= 11 is 0. The van der Waals surface area contributed by atoms with Gasteiger partial charge in [-0.2, -0.15) is 5.10 Å². The topological polar surface area (TPSA) is 71.3 Å². The number of rotatable bonds is 2. The van der Waals surface area contributed by atoms with E-state index in [1.54, 1.807) is 4.68 Å². The summed E-state index contributed by atoms with van der Waals surface area (Å²) in [6.07, 6.45) is 1.90. The lowest BCUT2D eigenvalue weighted by Gasteiger charge is -2.19. The predicted molar refractivity (Wildman–Crippen MR) is 73.9 cm³/mol. The summed E-state index contributed by atoms with van der Waals surface area (Å²) in [5.74, 6) is 0.465. The van der Waals surface area contributed by atoms with E-state index in [9.17, 15) is 4.79 Å². The first kappa shape index (κ1) is 13.6. The van der Waals surface area contributed by atoms with Gasteiger partial charge in [-0.1, -0.05) is 20.8 Å². The maximum Gasteiger partial charge on any atom is 0.254 e. The molecule has 0 aliphatic carbocycles. The molecule has 1 atom stereocenters. The highest BCUT2D eigenvalue weighted by Gasteiger charge is 2.35. The van der Waals surface area contributed by atoms with Gasteiger partial charge < -0.3 is 5.32 Å². The number of hydrogen-bond donors (Lipinski definition) is 2. The Kier molecular flexibility index (Phi) is 3.34. The minimum atomic E-state index is -0.409. The van der Waals surface area contributed by atoms with Gasteiger partial charge in [0.15, 0.2) is 5.96 Å². The Bertz CT molecular complexity index is 524. The molecule has 104 valence electrons. The molecule has 1 saturated heterocycles. The van der Waals surface area contributed by atoms with Crippen LogP contribution in [0.25, 0.3) is 0 Å². The smallest absolute Gasteiger partial charge is 0.254 e. The summed E-state index contributed by atoms with van der Waals surface area (Å²) < 4.78 is 1.75. The summed E-state index contributed by atoms with van der Waals surface area (Å²) in [6, 6.07) is -0.409. The van der Waals surface area contributed by atoms with E-state index in [1.165, 1.54) is 0 Å². The van der Waals surface area contributed by atoms with Crippen LogP contribution in [0.15, 0.2) is 11.2 Å². The minimum absolute atomic E-state index is 0.0781. The molecule has 0 spiro atoms. The summed E-state index contributed by atoms with van der Waals surface area (Å²) in [4.78, 5) is 16.3. The van der Waals surface area contributed by atoms with Gasteiger partial charge in [0.1, 0.15) is 6.04 Å². The predicted octanol–water partition coefficient (Wildman–Crippen LogP) is 0.854. The van der Waals surface area contributed by atoms with Crippen LogP contribution in [-0.4, -0.2) is 28.2 Å². The lowest BCUT2D eigenvalue weighted by molar-refractivity contribution is -0.120. The lowest BCUT2D eigenvalue weighted by Crippen LogP contribution is -2.26. The molecule has 1 aliphatic rings. The average Bonchev–Trinajstić information content (AvgIpc) is 2.82. The number of nitrogens with zero attached hydrogens (tertiary/aromatic N) is 3. The Balaban J connectivity index is 2.38. The number of aromatic nitrogens is 2. The summed E-state index contributed by atoms with van der Waals surface area (Å²) in [6.45, 7) is 8.83. The molecule has 19 heavy (non-hydrogen) atoms. The van der Waals surface area contributed by atoms with Crippen molar-refractivity contribution in [2.24, 2.45) is 12.0 Å². The van der Waals surface area contributed by atoms with E-state index < -0.39 is 6.04 Å². The molecular weight excluding hydrogens is 242 g/mol. The van der Waals surface area contributed by atoms with Gasteiger partial charge in [-0.05, 0) is 6.92 Å². The molecule has 1 amide bonds. The monoisotopic (exact) mass is 263 g/mol. The highest BCUT2D eigenvalue weighted by molar-refractivity contribution is 6.06. The molecule has 6 heteroatoms. The molecule has 0 radical (unpaired) electrons. The van der Waals surface area contributed by atoms with Crippen LogP contribution in [0.1, 0.15) is 45.0 Å². The Morgan fingerprint density at radius 1 is 1.47 bits per heavy atom. The molecule has 2 rings (SSSR count). The molecule has 0 bridgehead atoms. The molecule has 6 nitrogen and oxygen atoms in total. The fourth-order valence-corrected chi connectivity index (χ4v) is 2.19. The van der Waals surface area contributed by atoms with Gasteiger partial charge >= 0.3 is 0 Å². The highest BCUT2D eigenvalue weighted by Crippen LogP contribution is 2.29. The molecule has 1 aromatic rings. The zero-order valence-corrected chi connectivity index (χ0v) is 12.1. The van der Waals surface area contributed by atoms with Crippen molar-refractivity contribution in [2.45, 2.75) is 39.2 Å². The van der Waals surface area contributed by atoms with E-state index in [0.717, 1.165) is 11.3 Å². The zero-order chi connectivity index (χ0) is 14.2. The Hall–Kier alpha value is -1.85.